The van der Waals surface area contributed by atoms with Crippen LogP contribution in [0.3, 0.4) is 0 Å². The van der Waals surface area contributed by atoms with E-state index in [0.29, 0.717) is 22.6 Å². The Balaban J connectivity index is 1.80. The molecule has 1 aromatic rings. The van der Waals surface area contributed by atoms with Gasteiger partial charge in [-0.15, -0.1) is 0 Å². The maximum Gasteiger partial charge on any atom is 0.187 e. The summed E-state index contributed by atoms with van der Waals surface area (Å²) in [5.41, 5.74) is 4.42. The van der Waals surface area contributed by atoms with Crippen molar-refractivity contribution in [2.45, 2.75) is 38.6 Å². The molecular formula is C16H20N4S. The van der Waals surface area contributed by atoms with Crippen LogP contribution in [0.4, 0.5) is 0 Å². The minimum absolute atomic E-state index is 0.448. The van der Waals surface area contributed by atoms with E-state index in [2.05, 4.69) is 28.8 Å². The maximum absolute atomic E-state index is 8.73. The Bertz CT molecular complexity index is 544. The van der Waals surface area contributed by atoms with E-state index in [-0.39, 0.29) is 0 Å². The highest BCUT2D eigenvalue weighted by Crippen LogP contribution is 2.23. The van der Waals surface area contributed by atoms with E-state index < -0.39 is 0 Å². The summed E-state index contributed by atoms with van der Waals surface area (Å²) < 4.78 is 0. The number of hydrazone groups is 1. The van der Waals surface area contributed by atoms with Gasteiger partial charge in [-0.3, -0.25) is 5.43 Å². The van der Waals surface area contributed by atoms with E-state index in [1.807, 2.05) is 12.1 Å². The monoisotopic (exact) mass is 300 g/mol. The number of hydrogen-bond donors (Lipinski definition) is 2. The summed E-state index contributed by atoms with van der Waals surface area (Å²) in [6.45, 7) is 2.26. The van der Waals surface area contributed by atoms with E-state index in [1.54, 1.807) is 18.3 Å². The molecule has 0 aliphatic heterocycles. The van der Waals surface area contributed by atoms with Gasteiger partial charge in [-0.2, -0.15) is 10.4 Å². The van der Waals surface area contributed by atoms with Crippen molar-refractivity contribution in [3.8, 4) is 6.07 Å². The lowest BCUT2D eigenvalue weighted by molar-refractivity contribution is 0.308. The fourth-order valence-corrected chi connectivity index (χ4v) is 2.74. The van der Waals surface area contributed by atoms with Crippen LogP contribution in [0, 0.1) is 17.2 Å². The molecule has 1 saturated carbocycles. The highest BCUT2D eigenvalue weighted by Gasteiger charge is 2.21. The molecule has 2 atom stereocenters. The smallest absolute Gasteiger partial charge is 0.187 e. The van der Waals surface area contributed by atoms with Gasteiger partial charge in [0.2, 0.25) is 0 Å². The Hall–Kier alpha value is -1.93. The van der Waals surface area contributed by atoms with Crippen molar-refractivity contribution in [1.82, 2.24) is 10.7 Å². The first kappa shape index (κ1) is 15.5. The fraction of sp³-hybridized carbons (Fsp3) is 0.438. The van der Waals surface area contributed by atoms with Crippen LogP contribution in [0.5, 0.6) is 0 Å². The molecule has 0 heterocycles. The number of hydrogen-bond acceptors (Lipinski definition) is 3. The second-order valence-corrected chi connectivity index (χ2v) is 5.85. The van der Waals surface area contributed by atoms with Crippen LogP contribution in [0.15, 0.2) is 29.4 Å². The van der Waals surface area contributed by atoms with Gasteiger partial charge in [-0.05, 0) is 48.7 Å². The van der Waals surface area contributed by atoms with E-state index in [4.69, 9.17) is 17.5 Å². The second-order valence-electron chi connectivity index (χ2n) is 5.45. The number of benzene rings is 1. The first-order valence-corrected chi connectivity index (χ1v) is 7.69. The molecule has 21 heavy (non-hydrogen) atoms. The average molecular weight is 300 g/mol. The summed E-state index contributed by atoms with van der Waals surface area (Å²) in [6.07, 6.45) is 6.70. The number of rotatable bonds is 3. The molecule has 0 aromatic heterocycles. The Kier molecular flexibility index (Phi) is 5.70. The summed E-state index contributed by atoms with van der Waals surface area (Å²) in [7, 11) is 0. The zero-order valence-electron chi connectivity index (χ0n) is 12.2. The summed E-state index contributed by atoms with van der Waals surface area (Å²) in [6, 6.07) is 9.77. The lowest BCUT2D eigenvalue weighted by Crippen LogP contribution is -2.44. The third kappa shape index (κ3) is 4.83. The van der Waals surface area contributed by atoms with Crippen molar-refractivity contribution in [1.29, 1.82) is 5.26 Å². The van der Waals surface area contributed by atoms with Gasteiger partial charge in [-0.1, -0.05) is 31.9 Å². The molecule has 110 valence electrons. The predicted octanol–water partition coefficient (Wildman–Crippen LogP) is 2.93. The molecule has 1 aliphatic rings. The topological polar surface area (TPSA) is 60.2 Å². The van der Waals surface area contributed by atoms with Gasteiger partial charge in [-0.25, -0.2) is 0 Å². The maximum atomic E-state index is 8.73. The standard InChI is InChI=1S/C16H20N4S/c1-12-4-2-3-5-15(12)19-16(21)20-18-11-14-8-6-13(10-17)7-9-14/h6-9,11-12,15H,2-5H2,1H3,(H2,19,20,21)/b18-11-/t12-,15-/m1/s1. The van der Waals surface area contributed by atoms with Crippen LogP contribution in [0.25, 0.3) is 0 Å². The molecular weight excluding hydrogens is 280 g/mol. The van der Waals surface area contributed by atoms with Gasteiger partial charge < -0.3 is 5.32 Å². The Morgan fingerprint density at radius 2 is 2.05 bits per heavy atom. The van der Waals surface area contributed by atoms with Crippen LogP contribution in [0.2, 0.25) is 0 Å². The van der Waals surface area contributed by atoms with E-state index >= 15 is 0 Å². The molecule has 5 heteroatoms. The van der Waals surface area contributed by atoms with E-state index in [1.165, 1.54) is 25.7 Å². The van der Waals surface area contributed by atoms with Crippen molar-refractivity contribution in [2.24, 2.45) is 11.0 Å². The number of nitrogens with zero attached hydrogens (tertiary/aromatic N) is 2. The molecule has 0 saturated heterocycles. The summed E-state index contributed by atoms with van der Waals surface area (Å²) in [5, 5.41) is 16.8. The number of nitrogens with one attached hydrogen (secondary N) is 2. The zero-order chi connectivity index (χ0) is 15.1. The highest BCUT2D eigenvalue weighted by molar-refractivity contribution is 7.80. The van der Waals surface area contributed by atoms with E-state index in [0.717, 1.165) is 5.56 Å². The minimum atomic E-state index is 0.448. The molecule has 1 fully saturated rings. The third-order valence-electron chi connectivity index (χ3n) is 3.85. The molecule has 4 nitrogen and oxygen atoms in total. The Labute approximate surface area is 131 Å². The molecule has 0 radical (unpaired) electrons. The molecule has 1 aromatic carbocycles. The zero-order valence-corrected chi connectivity index (χ0v) is 13.0. The van der Waals surface area contributed by atoms with Crippen molar-refractivity contribution in [3.63, 3.8) is 0 Å². The fourth-order valence-electron chi connectivity index (χ4n) is 2.54. The number of thiocarbonyl (C=S) groups is 1. The summed E-state index contributed by atoms with van der Waals surface area (Å²) >= 11 is 5.26. The second kappa shape index (κ2) is 7.75. The van der Waals surface area contributed by atoms with Crippen molar-refractivity contribution >= 4 is 23.5 Å². The van der Waals surface area contributed by atoms with Crippen LogP contribution < -0.4 is 10.7 Å². The van der Waals surface area contributed by atoms with Crippen LogP contribution in [-0.2, 0) is 0 Å². The lowest BCUT2D eigenvalue weighted by atomic mass is 9.86. The first-order chi connectivity index (χ1) is 10.2. The van der Waals surface area contributed by atoms with Gasteiger partial charge in [0.15, 0.2) is 5.11 Å². The largest absolute Gasteiger partial charge is 0.358 e. The molecule has 2 rings (SSSR count). The van der Waals surface area contributed by atoms with Crippen molar-refractivity contribution in [2.75, 3.05) is 0 Å². The Morgan fingerprint density at radius 3 is 2.71 bits per heavy atom. The van der Waals surface area contributed by atoms with Crippen molar-refractivity contribution < 1.29 is 0 Å². The predicted molar refractivity (Wildman–Crippen MR) is 89.0 cm³/mol. The first-order valence-electron chi connectivity index (χ1n) is 7.29. The van der Waals surface area contributed by atoms with Gasteiger partial charge in [0, 0.05) is 6.04 Å². The molecule has 0 spiro atoms. The third-order valence-corrected chi connectivity index (χ3v) is 4.06. The molecule has 0 bridgehead atoms. The van der Waals surface area contributed by atoms with Crippen molar-refractivity contribution in [3.05, 3.63) is 35.4 Å². The van der Waals surface area contributed by atoms with Gasteiger partial charge >= 0.3 is 0 Å². The quantitative estimate of drug-likeness (QED) is 0.512. The summed E-state index contributed by atoms with van der Waals surface area (Å²) in [5.74, 6) is 0.654. The van der Waals surface area contributed by atoms with Gasteiger partial charge in [0.1, 0.15) is 0 Å². The van der Waals surface area contributed by atoms with E-state index in [9.17, 15) is 0 Å². The lowest BCUT2D eigenvalue weighted by Gasteiger charge is -2.30. The molecule has 1 aliphatic carbocycles. The Morgan fingerprint density at radius 1 is 1.33 bits per heavy atom. The SMILES string of the molecule is C[C@@H]1CCCC[C@H]1NC(=S)N/N=C\c1ccc(C#N)cc1. The molecule has 2 N–H and O–H groups in total. The van der Waals surface area contributed by atoms with Gasteiger partial charge in [0.05, 0.1) is 17.8 Å². The van der Waals surface area contributed by atoms with Gasteiger partial charge in [0.25, 0.3) is 0 Å². The minimum Gasteiger partial charge on any atom is -0.358 e. The highest BCUT2D eigenvalue weighted by atomic mass is 32.1. The number of nitriles is 1. The summed E-state index contributed by atoms with van der Waals surface area (Å²) in [4.78, 5) is 0. The average Bonchev–Trinajstić information content (AvgIpc) is 2.50. The van der Waals surface area contributed by atoms with Crippen LogP contribution in [0.1, 0.15) is 43.7 Å². The van der Waals surface area contributed by atoms with Crippen LogP contribution in [-0.4, -0.2) is 17.4 Å². The molecule has 0 unspecified atom stereocenters. The van der Waals surface area contributed by atoms with Crippen LogP contribution >= 0.6 is 12.2 Å². The molecule has 0 amide bonds. The normalized spacial score (nSPS) is 21.7.